The first-order valence-corrected chi connectivity index (χ1v) is 4.79. The lowest BCUT2D eigenvalue weighted by molar-refractivity contribution is 0.687. The topological polar surface area (TPSA) is 36.1 Å². The van der Waals surface area contributed by atoms with Gasteiger partial charge in [0.1, 0.15) is 6.04 Å². The lowest BCUT2D eigenvalue weighted by Crippen LogP contribution is -2.09. The molecule has 0 saturated heterocycles. The SMILES string of the molecule is CC1=N[C@H](C#N)[C@@H](c2ccccc2)C1. The maximum absolute atomic E-state index is 8.96. The van der Waals surface area contributed by atoms with Crippen molar-refractivity contribution >= 4 is 5.71 Å². The molecule has 2 atom stereocenters. The molecule has 2 heteroatoms. The van der Waals surface area contributed by atoms with Crippen LogP contribution >= 0.6 is 0 Å². The van der Waals surface area contributed by atoms with Crippen LogP contribution in [0.3, 0.4) is 0 Å². The third kappa shape index (κ3) is 1.54. The third-order valence-corrected chi connectivity index (χ3v) is 2.62. The van der Waals surface area contributed by atoms with Gasteiger partial charge in [-0.05, 0) is 18.9 Å². The molecule has 0 unspecified atom stereocenters. The number of nitriles is 1. The van der Waals surface area contributed by atoms with Crippen molar-refractivity contribution in [1.82, 2.24) is 0 Å². The molecule has 0 N–H and O–H groups in total. The zero-order valence-electron chi connectivity index (χ0n) is 8.14. The van der Waals surface area contributed by atoms with E-state index in [0.29, 0.717) is 0 Å². The number of hydrogen-bond donors (Lipinski definition) is 0. The van der Waals surface area contributed by atoms with Gasteiger partial charge in [-0.3, -0.25) is 4.99 Å². The summed E-state index contributed by atoms with van der Waals surface area (Å²) in [6.45, 7) is 1.99. The van der Waals surface area contributed by atoms with Gasteiger partial charge in [-0.2, -0.15) is 5.26 Å². The summed E-state index contributed by atoms with van der Waals surface area (Å²) in [4.78, 5) is 4.32. The van der Waals surface area contributed by atoms with Crippen LogP contribution in [-0.2, 0) is 0 Å². The lowest BCUT2D eigenvalue weighted by atomic mass is 9.91. The van der Waals surface area contributed by atoms with Crippen molar-refractivity contribution in [3.8, 4) is 6.07 Å². The summed E-state index contributed by atoms with van der Waals surface area (Å²) in [6.07, 6.45) is 0.919. The Morgan fingerprint density at radius 2 is 2.07 bits per heavy atom. The Morgan fingerprint density at radius 1 is 1.36 bits per heavy atom. The summed E-state index contributed by atoms with van der Waals surface area (Å²) in [5.41, 5.74) is 2.31. The maximum Gasteiger partial charge on any atom is 0.143 e. The monoisotopic (exact) mass is 184 g/mol. The van der Waals surface area contributed by atoms with Crippen LogP contribution in [0.25, 0.3) is 0 Å². The number of hydrogen-bond acceptors (Lipinski definition) is 2. The Kier molecular flexibility index (Phi) is 2.32. The average molecular weight is 184 g/mol. The number of rotatable bonds is 1. The molecule has 1 aromatic rings. The van der Waals surface area contributed by atoms with Gasteiger partial charge in [-0.1, -0.05) is 30.3 Å². The van der Waals surface area contributed by atoms with Crippen LogP contribution in [0, 0.1) is 11.3 Å². The fourth-order valence-corrected chi connectivity index (χ4v) is 1.93. The molecule has 0 saturated carbocycles. The van der Waals surface area contributed by atoms with Gasteiger partial charge in [0.05, 0.1) is 6.07 Å². The predicted octanol–water partition coefficient (Wildman–Crippen LogP) is 2.53. The van der Waals surface area contributed by atoms with Crippen LogP contribution in [0.15, 0.2) is 35.3 Å². The van der Waals surface area contributed by atoms with Crippen molar-refractivity contribution in [2.75, 3.05) is 0 Å². The second-order valence-electron chi connectivity index (χ2n) is 3.66. The van der Waals surface area contributed by atoms with E-state index in [9.17, 15) is 0 Å². The van der Waals surface area contributed by atoms with Crippen LogP contribution in [0.1, 0.15) is 24.8 Å². The molecule has 0 bridgehead atoms. The van der Waals surface area contributed by atoms with Gasteiger partial charge >= 0.3 is 0 Å². The molecule has 0 aromatic heterocycles. The molecule has 2 nitrogen and oxygen atoms in total. The molecule has 1 aliphatic heterocycles. The van der Waals surface area contributed by atoms with E-state index in [2.05, 4.69) is 23.2 Å². The molecule has 70 valence electrons. The largest absolute Gasteiger partial charge is 0.275 e. The zero-order valence-corrected chi connectivity index (χ0v) is 8.14. The van der Waals surface area contributed by atoms with E-state index in [0.717, 1.165) is 12.1 Å². The molecule has 2 rings (SSSR count). The van der Waals surface area contributed by atoms with Gasteiger partial charge in [0.2, 0.25) is 0 Å². The van der Waals surface area contributed by atoms with Crippen molar-refractivity contribution in [3.63, 3.8) is 0 Å². The first kappa shape index (κ1) is 8.96. The van der Waals surface area contributed by atoms with Gasteiger partial charge < -0.3 is 0 Å². The van der Waals surface area contributed by atoms with Crippen LogP contribution in [0.4, 0.5) is 0 Å². The van der Waals surface area contributed by atoms with Crippen LogP contribution < -0.4 is 0 Å². The molecule has 0 amide bonds. The summed E-state index contributed by atoms with van der Waals surface area (Å²) in [5, 5.41) is 8.96. The van der Waals surface area contributed by atoms with E-state index in [1.807, 2.05) is 25.1 Å². The smallest absolute Gasteiger partial charge is 0.143 e. The Morgan fingerprint density at radius 3 is 2.71 bits per heavy atom. The Labute approximate surface area is 83.9 Å². The van der Waals surface area contributed by atoms with Crippen LogP contribution in [-0.4, -0.2) is 11.8 Å². The van der Waals surface area contributed by atoms with E-state index in [-0.39, 0.29) is 12.0 Å². The summed E-state index contributed by atoms with van der Waals surface area (Å²) < 4.78 is 0. The number of nitrogens with zero attached hydrogens (tertiary/aromatic N) is 2. The molecule has 1 aromatic carbocycles. The molecular formula is C12H12N2. The summed E-state index contributed by atoms with van der Waals surface area (Å²) >= 11 is 0. The van der Waals surface area contributed by atoms with Gasteiger partial charge in [0.25, 0.3) is 0 Å². The lowest BCUT2D eigenvalue weighted by Gasteiger charge is -2.11. The average Bonchev–Trinajstić information content (AvgIpc) is 2.61. The first-order chi connectivity index (χ1) is 6.81. The van der Waals surface area contributed by atoms with Crippen molar-refractivity contribution in [2.24, 2.45) is 4.99 Å². The van der Waals surface area contributed by atoms with E-state index in [4.69, 9.17) is 5.26 Å². The highest BCUT2D eigenvalue weighted by atomic mass is 14.8. The number of benzene rings is 1. The molecule has 0 radical (unpaired) electrons. The van der Waals surface area contributed by atoms with Gasteiger partial charge in [-0.25, -0.2) is 0 Å². The highest BCUT2D eigenvalue weighted by molar-refractivity contribution is 5.85. The minimum absolute atomic E-state index is 0.183. The molecule has 0 fully saturated rings. The normalized spacial score (nSPS) is 25.6. The summed E-state index contributed by atoms with van der Waals surface area (Å²) in [5.74, 6) is 0.265. The fourth-order valence-electron chi connectivity index (χ4n) is 1.93. The third-order valence-electron chi connectivity index (χ3n) is 2.62. The summed E-state index contributed by atoms with van der Waals surface area (Å²) in [6, 6.07) is 12.2. The summed E-state index contributed by atoms with van der Waals surface area (Å²) in [7, 11) is 0. The molecule has 1 aliphatic rings. The Bertz CT molecular complexity index is 387. The molecule has 0 spiro atoms. The van der Waals surface area contributed by atoms with Crippen LogP contribution in [0.2, 0.25) is 0 Å². The van der Waals surface area contributed by atoms with E-state index in [1.165, 1.54) is 5.56 Å². The van der Waals surface area contributed by atoms with Crippen molar-refractivity contribution in [3.05, 3.63) is 35.9 Å². The highest BCUT2D eigenvalue weighted by Gasteiger charge is 2.28. The standard InChI is InChI=1S/C12H12N2/c1-9-7-11(12(8-13)14-9)10-5-3-2-4-6-10/h2-6,11-12H,7H2,1H3/t11-,12-/m1/s1. The van der Waals surface area contributed by atoms with E-state index in [1.54, 1.807) is 0 Å². The van der Waals surface area contributed by atoms with Crippen molar-refractivity contribution in [1.29, 1.82) is 5.26 Å². The Balaban J connectivity index is 2.27. The quantitative estimate of drug-likeness (QED) is 0.660. The maximum atomic E-state index is 8.96. The Hall–Kier alpha value is -1.62. The van der Waals surface area contributed by atoms with Gasteiger partial charge in [-0.15, -0.1) is 0 Å². The van der Waals surface area contributed by atoms with Crippen molar-refractivity contribution < 1.29 is 0 Å². The molecular weight excluding hydrogens is 172 g/mol. The minimum Gasteiger partial charge on any atom is -0.275 e. The van der Waals surface area contributed by atoms with Gasteiger partial charge in [0.15, 0.2) is 0 Å². The van der Waals surface area contributed by atoms with Crippen molar-refractivity contribution in [2.45, 2.75) is 25.3 Å². The highest BCUT2D eigenvalue weighted by Crippen LogP contribution is 2.30. The number of aliphatic imine (C=N–C) groups is 1. The minimum atomic E-state index is -0.183. The van der Waals surface area contributed by atoms with Crippen LogP contribution in [0.5, 0.6) is 0 Å². The zero-order chi connectivity index (χ0) is 9.97. The van der Waals surface area contributed by atoms with E-state index < -0.39 is 0 Å². The van der Waals surface area contributed by atoms with E-state index >= 15 is 0 Å². The molecule has 14 heavy (non-hydrogen) atoms. The predicted molar refractivity (Wildman–Crippen MR) is 56.3 cm³/mol. The second kappa shape index (κ2) is 3.63. The molecule has 0 aliphatic carbocycles. The second-order valence-corrected chi connectivity index (χ2v) is 3.66. The fraction of sp³-hybridized carbons (Fsp3) is 0.333. The van der Waals surface area contributed by atoms with Gasteiger partial charge in [0, 0.05) is 11.6 Å². The molecule has 1 heterocycles. The first-order valence-electron chi connectivity index (χ1n) is 4.79.